The molecule has 4 atom stereocenters. The Morgan fingerprint density at radius 2 is 1.26 bits per heavy atom. The molecule has 0 saturated heterocycles. The molecule has 0 saturated carbocycles. The van der Waals surface area contributed by atoms with Crippen LogP contribution in [0.25, 0.3) is 0 Å². The summed E-state index contributed by atoms with van der Waals surface area (Å²) in [6, 6.07) is 9.44. The highest BCUT2D eigenvalue weighted by molar-refractivity contribution is 5.59. The van der Waals surface area contributed by atoms with E-state index in [2.05, 4.69) is 32.9 Å². The van der Waals surface area contributed by atoms with Crippen molar-refractivity contribution in [2.24, 2.45) is 0 Å². The van der Waals surface area contributed by atoms with Crippen LogP contribution in [0.2, 0.25) is 0 Å². The molecule has 0 heterocycles. The second-order valence-electron chi connectivity index (χ2n) is 7.46. The molecule has 0 aliphatic rings. The lowest BCUT2D eigenvalue weighted by Gasteiger charge is -2.35. The quantitative estimate of drug-likeness (QED) is 0.0611. The van der Waals surface area contributed by atoms with Crippen molar-refractivity contribution in [3.05, 3.63) is 104 Å². The number of ether oxygens (including phenoxy) is 5. The first kappa shape index (κ1) is 30.2. The van der Waals surface area contributed by atoms with Crippen LogP contribution in [0.3, 0.4) is 0 Å². The molecule has 0 fully saturated rings. The van der Waals surface area contributed by atoms with E-state index in [0.717, 1.165) is 10.3 Å². The Morgan fingerprint density at radius 1 is 0.714 bits per heavy atom. The van der Waals surface area contributed by atoms with Crippen LogP contribution in [0.4, 0.5) is 0 Å². The lowest BCUT2D eigenvalue weighted by Crippen LogP contribution is -2.52. The maximum Gasteiger partial charge on any atom is 0.183 e. The molecule has 0 spiro atoms. The zero-order valence-corrected chi connectivity index (χ0v) is 20.5. The summed E-state index contributed by atoms with van der Waals surface area (Å²) in [6.45, 7) is 20.2. The van der Waals surface area contributed by atoms with E-state index in [9.17, 15) is 5.21 Å². The monoisotopic (exact) mass is 485 g/mol. The van der Waals surface area contributed by atoms with Crippen molar-refractivity contribution in [2.75, 3.05) is 39.6 Å². The van der Waals surface area contributed by atoms with Crippen LogP contribution in [0.15, 0.2) is 93.6 Å². The van der Waals surface area contributed by atoms with Gasteiger partial charge in [0, 0.05) is 5.56 Å². The summed E-state index contributed by atoms with van der Waals surface area (Å²) in [5.41, 5.74) is 0.870. The molecule has 7 nitrogen and oxygen atoms in total. The molecule has 1 rings (SSSR count). The molecule has 1 aromatic carbocycles. The van der Waals surface area contributed by atoms with Gasteiger partial charge in [-0.05, 0) is 0 Å². The summed E-state index contributed by atoms with van der Waals surface area (Å²) in [5.74, 6) is 0. The van der Waals surface area contributed by atoms with Gasteiger partial charge in [-0.2, -0.15) is 0 Å². The van der Waals surface area contributed by atoms with Gasteiger partial charge in [-0.1, -0.05) is 60.7 Å². The average Bonchev–Trinajstić information content (AvgIpc) is 2.87. The van der Waals surface area contributed by atoms with Crippen molar-refractivity contribution in [1.82, 2.24) is 0 Å². The lowest BCUT2D eigenvalue weighted by molar-refractivity contribution is -0.473. The van der Waals surface area contributed by atoms with Crippen molar-refractivity contribution in [3.8, 4) is 0 Å². The van der Waals surface area contributed by atoms with Crippen LogP contribution in [-0.4, -0.2) is 75.0 Å². The topological polar surface area (TPSA) is 72.2 Å². The highest BCUT2D eigenvalue weighted by atomic mass is 16.6. The molecule has 0 radical (unpaired) electrons. The van der Waals surface area contributed by atoms with E-state index < -0.39 is 24.4 Å². The summed E-state index contributed by atoms with van der Waals surface area (Å²) in [5, 5.41) is 12.9. The Morgan fingerprint density at radius 3 is 1.86 bits per heavy atom. The number of rotatable bonds is 22. The molecule has 35 heavy (non-hydrogen) atoms. The molecule has 0 aliphatic heterocycles. The number of benzene rings is 1. The molecule has 0 aromatic heterocycles. The summed E-state index contributed by atoms with van der Waals surface area (Å²) in [6.07, 6.45) is 6.86. The van der Waals surface area contributed by atoms with Gasteiger partial charge >= 0.3 is 0 Å². The molecule has 0 amide bonds. The van der Waals surface area contributed by atoms with Crippen LogP contribution in [0.1, 0.15) is 5.56 Å². The third kappa shape index (κ3) is 12.5. The van der Waals surface area contributed by atoms with Crippen molar-refractivity contribution in [3.63, 3.8) is 0 Å². The highest BCUT2D eigenvalue weighted by Gasteiger charge is 2.39. The van der Waals surface area contributed by atoms with Crippen molar-refractivity contribution in [1.29, 1.82) is 0 Å². The average molecular weight is 486 g/mol. The van der Waals surface area contributed by atoms with Crippen molar-refractivity contribution < 1.29 is 28.4 Å². The summed E-state index contributed by atoms with van der Waals surface area (Å²) < 4.78 is 30.7. The van der Waals surface area contributed by atoms with Crippen LogP contribution in [0, 0.1) is 5.21 Å². The maximum absolute atomic E-state index is 12.9. The van der Waals surface area contributed by atoms with Gasteiger partial charge < -0.3 is 28.9 Å². The fraction of sp³-hybridized carbons (Fsp3) is 0.393. The third-order valence-electron chi connectivity index (χ3n) is 4.67. The number of nitrogens with zero attached hydrogens (tertiary/aromatic N) is 1. The van der Waals surface area contributed by atoms with E-state index >= 15 is 0 Å². The second kappa shape index (κ2) is 19.5. The second-order valence-corrected chi connectivity index (χ2v) is 7.46. The first-order valence-electron chi connectivity index (χ1n) is 11.5. The predicted molar refractivity (Wildman–Crippen MR) is 141 cm³/mol. The van der Waals surface area contributed by atoms with Gasteiger partial charge in [0.1, 0.15) is 18.3 Å². The third-order valence-corrected chi connectivity index (χ3v) is 4.67. The van der Waals surface area contributed by atoms with Gasteiger partial charge in [0.05, 0.1) is 39.6 Å². The van der Waals surface area contributed by atoms with Crippen molar-refractivity contribution in [2.45, 2.75) is 31.0 Å². The van der Waals surface area contributed by atoms with Crippen molar-refractivity contribution >= 4 is 6.21 Å². The molecule has 0 unspecified atom stereocenters. The van der Waals surface area contributed by atoms with Gasteiger partial charge in [-0.25, -0.2) is 4.74 Å². The van der Waals surface area contributed by atoms with E-state index in [1.807, 2.05) is 30.3 Å². The first-order valence-corrected chi connectivity index (χ1v) is 11.5. The highest BCUT2D eigenvalue weighted by Crippen LogP contribution is 2.19. The molecule has 192 valence electrons. The zero-order valence-electron chi connectivity index (χ0n) is 20.5. The van der Waals surface area contributed by atoms with Crippen LogP contribution >= 0.6 is 0 Å². The summed E-state index contributed by atoms with van der Waals surface area (Å²) >= 11 is 0. The maximum atomic E-state index is 12.9. The van der Waals surface area contributed by atoms with Gasteiger partial charge in [0.2, 0.25) is 0 Å². The van der Waals surface area contributed by atoms with Crippen LogP contribution < -0.4 is 0 Å². The minimum atomic E-state index is -0.779. The lowest BCUT2D eigenvalue weighted by atomic mass is 10.0. The normalized spacial score (nSPS) is 14.9. The predicted octanol–water partition coefficient (Wildman–Crippen LogP) is 4.26. The fourth-order valence-corrected chi connectivity index (χ4v) is 3.23. The minimum absolute atomic E-state index is 0.153. The molecular formula is C28H39NO6. The molecule has 1 aromatic rings. The van der Waals surface area contributed by atoms with Gasteiger partial charge in [-0.3, -0.25) is 0 Å². The van der Waals surface area contributed by atoms with E-state index in [-0.39, 0.29) is 39.6 Å². The SMILES string of the molecule is C=CCOC[C@@H](OCC=C)[C@@H](OCC=C)[C@H](OCC=C)[C@H](/C=[N+](\[O-])Cc1ccccc1)OCC=C. The molecule has 0 aliphatic carbocycles. The van der Waals surface area contributed by atoms with Crippen LogP contribution in [-0.2, 0) is 30.2 Å². The Bertz CT molecular complexity index is 779. The Hall–Kier alpha value is -2.81. The van der Waals surface area contributed by atoms with Gasteiger partial charge in [-0.15, -0.1) is 32.9 Å². The smallest absolute Gasteiger partial charge is 0.183 e. The Balaban J connectivity index is 3.35. The molecule has 0 N–H and O–H groups in total. The van der Waals surface area contributed by atoms with Gasteiger partial charge in [0.15, 0.2) is 18.9 Å². The Kier molecular flexibility index (Phi) is 16.8. The molecular weight excluding hydrogens is 446 g/mol. The molecule has 7 heteroatoms. The first-order chi connectivity index (χ1) is 17.1. The summed E-state index contributed by atoms with van der Waals surface area (Å²) in [4.78, 5) is 0. The zero-order chi connectivity index (χ0) is 25.7. The summed E-state index contributed by atoms with van der Waals surface area (Å²) in [7, 11) is 0. The molecule has 0 bridgehead atoms. The van der Waals surface area contributed by atoms with E-state index in [1.54, 1.807) is 30.4 Å². The number of hydroxylamine groups is 1. The fourth-order valence-electron chi connectivity index (χ4n) is 3.23. The Labute approximate surface area is 209 Å². The van der Waals surface area contributed by atoms with E-state index in [1.165, 1.54) is 6.21 Å². The van der Waals surface area contributed by atoms with E-state index in [0.29, 0.717) is 6.61 Å². The minimum Gasteiger partial charge on any atom is -0.624 e. The number of hydrogen-bond donors (Lipinski definition) is 0. The standard InChI is InChI=1S/C28H39NO6/c1-6-16-31-23-26(33-18-8-3)28(35-20-10-5)27(34-19-9-4)25(32-17-7-2)22-29(30)21-24-14-12-11-13-15-24/h6-15,22,25-28H,1-5,16-21,23H2/b29-22-/t25-,26+,27+,28+/m0/s1. The van der Waals surface area contributed by atoms with Gasteiger partial charge in [0.25, 0.3) is 0 Å². The largest absolute Gasteiger partial charge is 0.624 e. The van der Waals surface area contributed by atoms with E-state index in [4.69, 9.17) is 23.7 Å². The number of hydrogen-bond acceptors (Lipinski definition) is 6. The van der Waals surface area contributed by atoms with Crippen LogP contribution in [0.5, 0.6) is 0 Å².